The molecule has 5 rings (SSSR count). The smallest absolute Gasteiger partial charge is 0.334 e. The third-order valence-electron chi connectivity index (χ3n) is 5.69. The minimum atomic E-state index is -0.357. The van der Waals surface area contributed by atoms with E-state index in [0.29, 0.717) is 12.0 Å². The molecule has 0 bridgehead atoms. The Kier molecular flexibility index (Phi) is 1.67. The molecule has 0 aromatic rings. The SMILES string of the molecule is C=C1C(=O)OC2CC3(C)C4OC4C=C4C(=O)OC(C12)C43. The van der Waals surface area contributed by atoms with Crippen LogP contribution in [0.4, 0.5) is 0 Å². The van der Waals surface area contributed by atoms with E-state index in [0.717, 1.165) is 5.57 Å². The molecule has 0 amide bonds. The molecule has 7 atom stereocenters. The summed E-state index contributed by atoms with van der Waals surface area (Å²) in [6, 6.07) is 0. The third kappa shape index (κ3) is 1.03. The molecular weight excluding hydrogens is 260 g/mol. The molecule has 2 aliphatic carbocycles. The maximum absolute atomic E-state index is 12.1. The first-order chi connectivity index (χ1) is 9.50. The fourth-order valence-corrected chi connectivity index (χ4v) is 4.78. The fourth-order valence-electron chi connectivity index (χ4n) is 4.78. The Morgan fingerprint density at radius 3 is 2.90 bits per heavy atom. The van der Waals surface area contributed by atoms with Crippen LogP contribution in [0.1, 0.15) is 13.3 Å². The quantitative estimate of drug-likeness (QED) is 0.370. The van der Waals surface area contributed by atoms with Crippen LogP contribution in [-0.4, -0.2) is 36.4 Å². The molecule has 20 heavy (non-hydrogen) atoms. The molecule has 0 radical (unpaired) electrons. The average molecular weight is 274 g/mol. The molecule has 5 heteroatoms. The molecule has 4 fully saturated rings. The van der Waals surface area contributed by atoms with Gasteiger partial charge in [0, 0.05) is 22.5 Å². The van der Waals surface area contributed by atoms with E-state index in [1.807, 2.05) is 6.08 Å². The second kappa shape index (κ2) is 3.01. The summed E-state index contributed by atoms with van der Waals surface area (Å²) in [7, 11) is 0. The fraction of sp³-hybridized carbons (Fsp3) is 0.600. The zero-order chi connectivity index (χ0) is 13.8. The number of ether oxygens (including phenoxy) is 3. The van der Waals surface area contributed by atoms with E-state index in [2.05, 4.69) is 13.5 Å². The highest BCUT2D eigenvalue weighted by Crippen LogP contribution is 2.63. The van der Waals surface area contributed by atoms with Crippen LogP contribution in [0.15, 0.2) is 23.8 Å². The minimum absolute atomic E-state index is 0.00810. The van der Waals surface area contributed by atoms with Crippen molar-refractivity contribution in [1.82, 2.24) is 0 Å². The molecule has 5 aliphatic rings. The molecule has 0 N–H and O–H groups in total. The van der Waals surface area contributed by atoms with Crippen LogP contribution in [0.25, 0.3) is 0 Å². The van der Waals surface area contributed by atoms with Gasteiger partial charge < -0.3 is 14.2 Å². The highest BCUT2D eigenvalue weighted by atomic mass is 16.6. The summed E-state index contributed by atoms with van der Waals surface area (Å²) < 4.78 is 16.7. The Bertz CT molecular complexity index is 620. The molecule has 0 spiro atoms. The standard InChI is InChI=1S/C15H14O5/c1-5-9-8(19-13(5)16)4-15(2)10-6(3-7-12(15)18-7)14(17)20-11(9)10/h3,7-12H,1,4H2,2H3. The van der Waals surface area contributed by atoms with Gasteiger partial charge in [-0.25, -0.2) is 9.59 Å². The van der Waals surface area contributed by atoms with E-state index >= 15 is 0 Å². The molecule has 0 aromatic heterocycles. The van der Waals surface area contributed by atoms with Crippen LogP contribution in [0, 0.1) is 17.3 Å². The Labute approximate surface area is 115 Å². The first kappa shape index (κ1) is 11.1. The van der Waals surface area contributed by atoms with E-state index in [9.17, 15) is 9.59 Å². The number of rotatable bonds is 0. The van der Waals surface area contributed by atoms with Gasteiger partial charge in [0.05, 0.1) is 12.0 Å². The van der Waals surface area contributed by atoms with E-state index in [4.69, 9.17) is 14.2 Å². The monoisotopic (exact) mass is 274 g/mol. The van der Waals surface area contributed by atoms with Crippen molar-refractivity contribution in [2.24, 2.45) is 17.3 Å². The van der Waals surface area contributed by atoms with Crippen molar-refractivity contribution in [1.29, 1.82) is 0 Å². The van der Waals surface area contributed by atoms with Gasteiger partial charge in [-0.05, 0) is 12.5 Å². The predicted molar refractivity (Wildman–Crippen MR) is 65.3 cm³/mol. The van der Waals surface area contributed by atoms with Crippen molar-refractivity contribution in [3.63, 3.8) is 0 Å². The van der Waals surface area contributed by atoms with Gasteiger partial charge in [-0.1, -0.05) is 13.5 Å². The number of hydrogen-bond acceptors (Lipinski definition) is 5. The highest BCUT2D eigenvalue weighted by molar-refractivity contribution is 5.95. The summed E-state index contributed by atoms with van der Waals surface area (Å²) in [6.45, 7) is 5.95. The summed E-state index contributed by atoms with van der Waals surface area (Å²) in [4.78, 5) is 23.9. The van der Waals surface area contributed by atoms with Crippen molar-refractivity contribution in [2.75, 3.05) is 0 Å². The highest BCUT2D eigenvalue weighted by Gasteiger charge is 2.70. The maximum atomic E-state index is 12.1. The van der Waals surface area contributed by atoms with Gasteiger partial charge in [-0.15, -0.1) is 0 Å². The van der Waals surface area contributed by atoms with E-state index in [-0.39, 0.29) is 53.6 Å². The summed E-state index contributed by atoms with van der Waals surface area (Å²) in [5, 5.41) is 0. The molecule has 104 valence electrons. The zero-order valence-electron chi connectivity index (χ0n) is 11.0. The number of carbonyl (C=O) groups is 2. The third-order valence-corrected chi connectivity index (χ3v) is 5.69. The van der Waals surface area contributed by atoms with Crippen LogP contribution in [0.3, 0.4) is 0 Å². The van der Waals surface area contributed by atoms with Gasteiger partial charge in [0.2, 0.25) is 0 Å². The lowest BCUT2D eigenvalue weighted by Crippen LogP contribution is -2.52. The lowest BCUT2D eigenvalue weighted by Gasteiger charge is -2.46. The lowest BCUT2D eigenvalue weighted by atomic mass is 9.56. The van der Waals surface area contributed by atoms with Crippen LogP contribution < -0.4 is 0 Å². The van der Waals surface area contributed by atoms with Gasteiger partial charge in [0.1, 0.15) is 18.3 Å². The predicted octanol–water partition coefficient (Wildman–Crippen LogP) is 0.743. The van der Waals surface area contributed by atoms with Crippen LogP contribution in [-0.2, 0) is 23.8 Å². The number of fused-ring (bicyclic) bond motifs is 4. The Morgan fingerprint density at radius 1 is 1.30 bits per heavy atom. The summed E-state index contributed by atoms with van der Waals surface area (Å²) in [5.41, 5.74) is 0.967. The topological polar surface area (TPSA) is 65.1 Å². The van der Waals surface area contributed by atoms with Gasteiger partial charge in [0.25, 0.3) is 0 Å². The molecule has 7 unspecified atom stereocenters. The summed E-state index contributed by atoms with van der Waals surface area (Å²) in [5.74, 6) is -0.839. The summed E-state index contributed by atoms with van der Waals surface area (Å²) >= 11 is 0. The molecular formula is C15H14O5. The first-order valence-electron chi connectivity index (χ1n) is 6.98. The first-order valence-corrected chi connectivity index (χ1v) is 6.98. The zero-order valence-corrected chi connectivity index (χ0v) is 11.0. The van der Waals surface area contributed by atoms with Crippen molar-refractivity contribution >= 4 is 11.9 Å². The number of carbonyl (C=O) groups excluding carboxylic acids is 2. The van der Waals surface area contributed by atoms with Crippen LogP contribution in [0.2, 0.25) is 0 Å². The van der Waals surface area contributed by atoms with Crippen molar-refractivity contribution < 1.29 is 23.8 Å². The Hall–Kier alpha value is -1.62. The van der Waals surface area contributed by atoms with Crippen LogP contribution in [0.5, 0.6) is 0 Å². The molecule has 1 saturated carbocycles. The molecule has 3 heterocycles. The van der Waals surface area contributed by atoms with Gasteiger partial charge in [-0.3, -0.25) is 0 Å². The van der Waals surface area contributed by atoms with Crippen molar-refractivity contribution in [3.8, 4) is 0 Å². The minimum Gasteiger partial charge on any atom is -0.458 e. The molecule has 5 nitrogen and oxygen atoms in total. The lowest BCUT2D eigenvalue weighted by molar-refractivity contribution is -0.150. The normalized spacial score (nSPS) is 54.5. The van der Waals surface area contributed by atoms with E-state index < -0.39 is 0 Å². The second-order valence-electron chi connectivity index (χ2n) is 6.70. The van der Waals surface area contributed by atoms with Gasteiger partial charge >= 0.3 is 11.9 Å². The van der Waals surface area contributed by atoms with E-state index in [1.54, 1.807) is 0 Å². The Morgan fingerprint density at radius 2 is 2.10 bits per heavy atom. The van der Waals surface area contributed by atoms with Gasteiger partial charge in [-0.2, -0.15) is 0 Å². The van der Waals surface area contributed by atoms with Crippen molar-refractivity contribution in [2.45, 2.75) is 37.8 Å². The van der Waals surface area contributed by atoms with Gasteiger partial charge in [0.15, 0.2) is 0 Å². The molecule has 3 aliphatic heterocycles. The largest absolute Gasteiger partial charge is 0.458 e. The number of esters is 2. The van der Waals surface area contributed by atoms with Crippen molar-refractivity contribution in [3.05, 3.63) is 23.8 Å². The average Bonchev–Trinajstić information content (AvgIpc) is 3.03. The maximum Gasteiger partial charge on any atom is 0.334 e. The Balaban J connectivity index is 1.68. The van der Waals surface area contributed by atoms with E-state index in [1.165, 1.54) is 0 Å². The summed E-state index contributed by atoms with van der Waals surface area (Å²) in [6.07, 6.45) is 2.17. The van der Waals surface area contributed by atoms with Crippen LogP contribution >= 0.6 is 0 Å². The number of epoxide rings is 1. The molecule has 0 aromatic carbocycles. The second-order valence-corrected chi connectivity index (χ2v) is 6.70. The number of hydrogen-bond donors (Lipinski definition) is 0. The molecule has 3 saturated heterocycles.